The lowest BCUT2D eigenvalue weighted by molar-refractivity contribution is 0.269. The van der Waals surface area contributed by atoms with Gasteiger partial charge in [-0.1, -0.05) is 0 Å². The number of nitrogens with zero attached hydrogens (tertiary/aromatic N) is 4. The second kappa shape index (κ2) is 5.03. The molecule has 1 aliphatic heterocycles. The Bertz CT molecular complexity index is 581. The van der Waals surface area contributed by atoms with Gasteiger partial charge >= 0.3 is 0 Å². The number of likely N-dealkylation sites (N-methyl/N-ethyl adjacent to an activating group) is 1. The molecule has 5 nitrogen and oxygen atoms in total. The van der Waals surface area contributed by atoms with Crippen LogP contribution in [0.25, 0.3) is 10.2 Å². The van der Waals surface area contributed by atoms with Crippen LogP contribution >= 0.6 is 11.3 Å². The first-order valence-corrected chi connectivity index (χ1v) is 7.37. The minimum Gasteiger partial charge on any atom is -0.349 e. The molecule has 2 aromatic heterocycles. The average Bonchev–Trinajstić information content (AvgIpc) is 2.78. The molecule has 1 unspecified atom stereocenters. The maximum Gasteiger partial charge on any atom is 0.141 e. The van der Waals surface area contributed by atoms with E-state index in [0.29, 0.717) is 12.6 Å². The van der Waals surface area contributed by atoms with Gasteiger partial charge in [-0.3, -0.25) is 0 Å². The summed E-state index contributed by atoms with van der Waals surface area (Å²) in [6, 6.07) is 2.51. The number of nitrogens with two attached hydrogens (primary N) is 1. The Labute approximate surface area is 117 Å². The highest BCUT2D eigenvalue weighted by atomic mass is 32.1. The summed E-state index contributed by atoms with van der Waals surface area (Å²) >= 11 is 1.72. The fourth-order valence-electron chi connectivity index (χ4n) is 2.68. The molecule has 0 aliphatic carbocycles. The predicted molar refractivity (Wildman–Crippen MR) is 79.8 cm³/mol. The molecule has 6 heteroatoms. The van der Waals surface area contributed by atoms with Gasteiger partial charge in [0.15, 0.2) is 0 Å². The van der Waals surface area contributed by atoms with E-state index in [1.807, 2.05) is 0 Å². The molecule has 102 valence electrons. The zero-order chi connectivity index (χ0) is 13.4. The van der Waals surface area contributed by atoms with Crippen LogP contribution in [0.5, 0.6) is 0 Å². The number of thiophene rings is 1. The van der Waals surface area contributed by atoms with E-state index in [-0.39, 0.29) is 0 Å². The van der Waals surface area contributed by atoms with Gasteiger partial charge in [0.05, 0.1) is 11.4 Å². The first-order chi connectivity index (χ1) is 9.19. The van der Waals surface area contributed by atoms with E-state index in [9.17, 15) is 0 Å². The zero-order valence-corrected chi connectivity index (χ0v) is 12.2. The van der Waals surface area contributed by atoms with Gasteiger partial charge in [-0.15, -0.1) is 11.3 Å². The van der Waals surface area contributed by atoms with Gasteiger partial charge in [0.1, 0.15) is 17.0 Å². The number of aryl methyl sites for hydroxylation is 1. The van der Waals surface area contributed by atoms with Crippen molar-refractivity contribution >= 4 is 27.4 Å². The number of aromatic nitrogens is 2. The van der Waals surface area contributed by atoms with Gasteiger partial charge in [0.2, 0.25) is 0 Å². The predicted octanol–water partition coefficient (Wildman–Crippen LogP) is 1.08. The molecule has 1 aliphatic rings. The third-order valence-electron chi connectivity index (χ3n) is 3.66. The van der Waals surface area contributed by atoms with Crippen molar-refractivity contribution in [1.82, 2.24) is 14.9 Å². The van der Waals surface area contributed by atoms with Gasteiger partial charge in [0.25, 0.3) is 0 Å². The Hall–Kier alpha value is -1.24. The molecule has 1 saturated heterocycles. The van der Waals surface area contributed by atoms with Crippen LogP contribution in [-0.2, 0) is 0 Å². The molecule has 1 atom stereocenters. The molecule has 3 rings (SSSR count). The first-order valence-electron chi connectivity index (χ1n) is 6.55. The van der Waals surface area contributed by atoms with Crippen LogP contribution in [0.1, 0.15) is 4.88 Å². The molecule has 2 aromatic rings. The van der Waals surface area contributed by atoms with Crippen molar-refractivity contribution in [2.24, 2.45) is 5.73 Å². The summed E-state index contributed by atoms with van der Waals surface area (Å²) in [5, 5.41) is 1.16. The van der Waals surface area contributed by atoms with Crippen LogP contribution in [0.4, 0.5) is 5.82 Å². The normalized spacial score (nSPS) is 21.2. The monoisotopic (exact) mass is 277 g/mol. The molecule has 2 N–H and O–H groups in total. The second-order valence-electron chi connectivity index (χ2n) is 5.12. The molecule has 0 spiro atoms. The third kappa shape index (κ3) is 2.31. The Morgan fingerprint density at radius 1 is 1.42 bits per heavy atom. The van der Waals surface area contributed by atoms with Crippen LogP contribution in [0.2, 0.25) is 0 Å². The molecule has 0 aromatic carbocycles. The van der Waals surface area contributed by atoms with E-state index in [0.717, 1.165) is 35.7 Å². The molecular weight excluding hydrogens is 258 g/mol. The minimum absolute atomic E-state index is 0.331. The highest BCUT2D eigenvalue weighted by Gasteiger charge is 2.26. The standard InChI is InChI=1S/C13H19N5S/c1-9-5-11-12(15-8-16-13(11)19-9)18-4-3-17(2)7-10(18)6-14/h5,8,10H,3-4,6-7,14H2,1-2H3. The second-order valence-corrected chi connectivity index (χ2v) is 6.35. The van der Waals surface area contributed by atoms with Crippen LogP contribution < -0.4 is 10.6 Å². The summed E-state index contributed by atoms with van der Waals surface area (Å²) in [6.45, 7) is 5.77. The molecule has 0 saturated carbocycles. The fourth-order valence-corrected chi connectivity index (χ4v) is 3.53. The van der Waals surface area contributed by atoms with Crippen molar-refractivity contribution in [3.8, 4) is 0 Å². The summed E-state index contributed by atoms with van der Waals surface area (Å²) in [4.78, 5) is 15.9. The van der Waals surface area contributed by atoms with E-state index in [4.69, 9.17) is 5.73 Å². The van der Waals surface area contributed by atoms with E-state index in [1.165, 1.54) is 4.88 Å². The minimum atomic E-state index is 0.331. The van der Waals surface area contributed by atoms with Crippen molar-refractivity contribution in [3.05, 3.63) is 17.3 Å². The largest absolute Gasteiger partial charge is 0.349 e. The Morgan fingerprint density at radius 2 is 2.26 bits per heavy atom. The van der Waals surface area contributed by atoms with Crippen molar-refractivity contribution in [2.45, 2.75) is 13.0 Å². The summed E-state index contributed by atoms with van der Waals surface area (Å²) in [5.74, 6) is 1.04. The van der Waals surface area contributed by atoms with Gasteiger partial charge in [-0.2, -0.15) is 0 Å². The lowest BCUT2D eigenvalue weighted by Crippen LogP contribution is -2.55. The van der Waals surface area contributed by atoms with Gasteiger partial charge in [0, 0.05) is 31.1 Å². The van der Waals surface area contributed by atoms with Crippen molar-refractivity contribution in [2.75, 3.05) is 38.1 Å². The molecule has 1 fully saturated rings. The fraction of sp³-hybridized carbons (Fsp3) is 0.538. The summed E-state index contributed by atoms with van der Waals surface area (Å²) in [5.41, 5.74) is 5.93. The molecule has 19 heavy (non-hydrogen) atoms. The van der Waals surface area contributed by atoms with Crippen LogP contribution in [0.3, 0.4) is 0 Å². The number of anilines is 1. The zero-order valence-electron chi connectivity index (χ0n) is 11.3. The first kappa shape index (κ1) is 12.8. The number of rotatable bonds is 2. The van der Waals surface area contributed by atoms with E-state index in [1.54, 1.807) is 17.7 Å². The van der Waals surface area contributed by atoms with Crippen molar-refractivity contribution < 1.29 is 0 Å². The number of piperazine rings is 1. The Morgan fingerprint density at radius 3 is 3.05 bits per heavy atom. The number of hydrogen-bond donors (Lipinski definition) is 1. The Balaban J connectivity index is 2.03. The topological polar surface area (TPSA) is 58.3 Å². The molecular formula is C13H19N5S. The lowest BCUT2D eigenvalue weighted by atomic mass is 10.1. The van der Waals surface area contributed by atoms with E-state index in [2.05, 4.69) is 39.8 Å². The van der Waals surface area contributed by atoms with Crippen LogP contribution in [0.15, 0.2) is 12.4 Å². The summed E-state index contributed by atoms with van der Waals surface area (Å²) in [7, 11) is 2.14. The Kier molecular flexibility index (Phi) is 3.38. The smallest absolute Gasteiger partial charge is 0.141 e. The van der Waals surface area contributed by atoms with Crippen molar-refractivity contribution in [3.63, 3.8) is 0 Å². The van der Waals surface area contributed by atoms with Gasteiger partial charge in [-0.25, -0.2) is 9.97 Å². The SMILES string of the molecule is Cc1cc2c(N3CCN(C)CC3CN)ncnc2s1. The number of hydrogen-bond acceptors (Lipinski definition) is 6. The third-order valence-corrected chi connectivity index (χ3v) is 4.62. The average molecular weight is 277 g/mol. The van der Waals surface area contributed by atoms with E-state index < -0.39 is 0 Å². The summed E-state index contributed by atoms with van der Waals surface area (Å²) < 4.78 is 0. The van der Waals surface area contributed by atoms with Crippen LogP contribution in [-0.4, -0.2) is 54.1 Å². The van der Waals surface area contributed by atoms with Gasteiger partial charge in [-0.05, 0) is 20.0 Å². The molecule has 0 bridgehead atoms. The van der Waals surface area contributed by atoms with Gasteiger partial charge < -0.3 is 15.5 Å². The highest BCUT2D eigenvalue weighted by molar-refractivity contribution is 7.18. The lowest BCUT2D eigenvalue weighted by Gasteiger charge is -2.40. The van der Waals surface area contributed by atoms with E-state index >= 15 is 0 Å². The maximum atomic E-state index is 5.93. The van der Waals surface area contributed by atoms with Crippen LogP contribution in [0, 0.1) is 6.92 Å². The highest BCUT2D eigenvalue weighted by Crippen LogP contribution is 2.31. The summed E-state index contributed by atoms with van der Waals surface area (Å²) in [6.07, 6.45) is 1.67. The number of fused-ring (bicyclic) bond motifs is 1. The van der Waals surface area contributed by atoms with Crippen molar-refractivity contribution in [1.29, 1.82) is 0 Å². The molecule has 0 radical (unpaired) electrons. The maximum absolute atomic E-state index is 5.93. The quantitative estimate of drug-likeness (QED) is 0.890. The molecule has 3 heterocycles. The molecule has 0 amide bonds.